The maximum atomic E-state index is 5.23. The van der Waals surface area contributed by atoms with Gasteiger partial charge in [0.2, 0.25) is 0 Å². The minimum absolute atomic E-state index is 0.530. The summed E-state index contributed by atoms with van der Waals surface area (Å²) >= 11 is 0. The Balaban J connectivity index is 2.38. The first-order valence-electron chi connectivity index (χ1n) is 7.40. The molecule has 0 saturated heterocycles. The number of methoxy groups -OCH3 is 1. The maximum absolute atomic E-state index is 5.23. The third-order valence-electron chi connectivity index (χ3n) is 4.12. The molecule has 0 amide bonds. The summed E-state index contributed by atoms with van der Waals surface area (Å²) in [6.45, 7) is 12.3. The Labute approximate surface area is 127 Å². The van der Waals surface area contributed by atoms with Gasteiger partial charge < -0.3 is 9.30 Å². The van der Waals surface area contributed by atoms with Crippen LogP contribution in [0.15, 0.2) is 43.1 Å². The number of benzene rings is 1. The second-order valence-corrected chi connectivity index (χ2v) is 5.95. The quantitative estimate of drug-likeness (QED) is 0.521. The fourth-order valence-corrected chi connectivity index (χ4v) is 2.72. The number of ether oxygens (including phenoxy) is 1. The lowest BCUT2D eigenvalue weighted by Gasteiger charge is -2.11. The number of aryl methyl sites for hydroxylation is 1. The SMILES string of the molecule is C=C(C)CCC(C)c1cn(C)c2cc(C(=C)OC)ccc12. The largest absolute Gasteiger partial charge is 0.497 e. The second-order valence-electron chi connectivity index (χ2n) is 5.95. The van der Waals surface area contributed by atoms with Gasteiger partial charge in [-0.25, -0.2) is 0 Å². The van der Waals surface area contributed by atoms with Crippen LogP contribution in [0.25, 0.3) is 16.7 Å². The zero-order chi connectivity index (χ0) is 15.6. The molecule has 2 aromatic rings. The number of aromatic nitrogens is 1. The fourth-order valence-electron chi connectivity index (χ4n) is 2.72. The molecule has 1 heterocycles. The van der Waals surface area contributed by atoms with Gasteiger partial charge in [-0.05, 0) is 37.3 Å². The van der Waals surface area contributed by atoms with Crippen LogP contribution in [0, 0.1) is 0 Å². The van der Waals surface area contributed by atoms with Crippen LogP contribution < -0.4 is 0 Å². The average Bonchev–Trinajstić information content (AvgIpc) is 2.80. The first-order chi connectivity index (χ1) is 9.93. The van der Waals surface area contributed by atoms with Crippen molar-refractivity contribution in [3.8, 4) is 0 Å². The predicted octanol–water partition coefficient (Wildman–Crippen LogP) is 5.26. The van der Waals surface area contributed by atoms with Crippen LogP contribution in [0.5, 0.6) is 0 Å². The van der Waals surface area contributed by atoms with E-state index in [4.69, 9.17) is 4.74 Å². The molecular weight excluding hydrogens is 258 g/mol. The highest BCUT2D eigenvalue weighted by molar-refractivity contribution is 5.87. The molecule has 1 aromatic heterocycles. The van der Waals surface area contributed by atoms with Gasteiger partial charge in [0.25, 0.3) is 0 Å². The van der Waals surface area contributed by atoms with Crippen LogP contribution in [0.4, 0.5) is 0 Å². The van der Waals surface area contributed by atoms with E-state index in [0.29, 0.717) is 11.7 Å². The Hall–Kier alpha value is -1.96. The van der Waals surface area contributed by atoms with Gasteiger partial charge in [-0.2, -0.15) is 0 Å². The number of allylic oxidation sites excluding steroid dienone is 1. The number of hydrogen-bond acceptors (Lipinski definition) is 1. The Morgan fingerprint density at radius 1 is 1.33 bits per heavy atom. The molecule has 0 bridgehead atoms. The van der Waals surface area contributed by atoms with Crippen molar-refractivity contribution in [2.45, 2.75) is 32.6 Å². The third-order valence-corrected chi connectivity index (χ3v) is 4.12. The standard InChI is InChI=1S/C19H25NO/c1-13(2)7-8-14(3)18-12-20(5)19-11-16(15(4)21-6)9-10-17(18)19/h9-12,14H,1,4,7-8H2,2-3,5-6H3. The van der Waals surface area contributed by atoms with Gasteiger partial charge in [0.15, 0.2) is 0 Å². The summed E-state index contributed by atoms with van der Waals surface area (Å²) in [5, 5.41) is 1.32. The molecule has 0 aliphatic heterocycles. The normalized spacial score (nSPS) is 12.4. The topological polar surface area (TPSA) is 14.2 Å². The van der Waals surface area contributed by atoms with E-state index in [1.165, 1.54) is 22.0 Å². The van der Waals surface area contributed by atoms with E-state index >= 15 is 0 Å². The molecule has 0 aliphatic rings. The molecule has 2 nitrogen and oxygen atoms in total. The van der Waals surface area contributed by atoms with E-state index < -0.39 is 0 Å². The molecule has 2 heteroatoms. The van der Waals surface area contributed by atoms with Crippen molar-refractivity contribution in [3.05, 3.63) is 54.3 Å². The van der Waals surface area contributed by atoms with Crippen molar-refractivity contribution < 1.29 is 4.74 Å². The lowest BCUT2D eigenvalue weighted by molar-refractivity contribution is 0.371. The highest BCUT2D eigenvalue weighted by Gasteiger charge is 2.14. The van der Waals surface area contributed by atoms with E-state index in [2.05, 4.69) is 63.0 Å². The molecule has 112 valence electrons. The van der Waals surface area contributed by atoms with Crippen molar-refractivity contribution >= 4 is 16.7 Å². The Morgan fingerprint density at radius 3 is 2.67 bits per heavy atom. The van der Waals surface area contributed by atoms with E-state index in [9.17, 15) is 0 Å². The van der Waals surface area contributed by atoms with Crippen LogP contribution in [0.1, 0.15) is 43.7 Å². The number of nitrogens with zero attached hydrogens (tertiary/aromatic N) is 1. The van der Waals surface area contributed by atoms with Gasteiger partial charge >= 0.3 is 0 Å². The average molecular weight is 283 g/mol. The molecule has 1 aromatic carbocycles. The van der Waals surface area contributed by atoms with Crippen LogP contribution >= 0.6 is 0 Å². The lowest BCUT2D eigenvalue weighted by atomic mass is 9.94. The fraction of sp³-hybridized carbons (Fsp3) is 0.368. The molecular formula is C19H25NO. The summed E-state index contributed by atoms with van der Waals surface area (Å²) in [6.07, 6.45) is 4.46. The highest BCUT2D eigenvalue weighted by atomic mass is 16.5. The number of hydrogen-bond donors (Lipinski definition) is 0. The van der Waals surface area contributed by atoms with Crippen molar-refractivity contribution in [2.75, 3.05) is 7.11 Å². The number of fused-ring (bicyclic) bond motifs is 1. The van der Waals surface area contributed by atoms with E-state index in [0.717, 1.165) is 18.4 Å². The minimum atomic E-state index is 0.530. The van der Waals surface area contributed by atoms with Gasteiger partial charge in [0.1, 0.15) is 5.76 Å². The molecule has 0 radical (unpaired) electrons. The summed E-state index contributed by atoms with van der Waals surface area (Å²) in [6, 6.07) is 6.42. The van der Waals surface area contributed by atoms with Crippen molar-refractivity contribution in [3.63, 3.8) is 0 Å². The predicted molar refractivity (Wildman–Crippen MR) is 91.4 cm³/mol. The molecule has 1 atom stereocenters. The van der Waals surface area contributed by atoms with Crippen LogP contribution in [-0.2, 0) is 11.8 Å². The Kier molecular flexibility index (Phi) is 4.56. The molecule has 0 spiro atoms. The highest BCUT2D eigenvalue weighted by Crippen LogP contribution is 2.32. The molecule has 1 unspecified atom stereocenters. The minimum Gasteiger partial charge on any atom is -0.497 e. The zero-order valence-corrected chi connectivity index (χ0v) is 13.6. The van der Waals surface area contributed by atoms with Gasteiger partial charge in [-0.15, -0.1) is 6.58 Å². The second kappa shape index (κ2) is 6.21. The maximum Gasteiger partial charge on any atom is 0.118 e. The zero-order valence-electron chi connectivity index (χ0n) is 13.6. The molecule has 0 aliphatic carbocycles. The van der Waals surface area contributed by atoms with Crippen molar-refractivity contribution in [2.24, 2.45) is 7.05 Å². The Bertz CT molecular complexity index is 678. The summed E-state index contributed by atoms with van der Waals surface area (Å²) in [5.41, 5.74) is 4.92. The van der Waals surface area contributed by atoms with Crippen LogP contribution in [0.3, 0.4) is 0 Å². The summed E-state index contributed by atoms with van der Waals surface area (Å²) in [5.74, 6) is 1.23. The monoisotopic (exact) mass is 283 g/mol. The number of rotatable bonds is 6. The van der Waals surface area contributed by atoms with Crippen molar-refractivity contribution in [1.82, 2.24) is 4.57 Å². The molecule has 2 rings (SSSR count). The molecule has 0 saturated carbocycles. The lowest BCUT2D eigenvalue weighted by Crippen LogP contribution is -1.93. The summed E-state index contributed by atoms with van der Waals surface area (Å²) < 4.78 is 7.42. The van der Waals surface area contributed by atoms with Gasteiger partial charge in [0.05, 0.1) is 7.11 Å². The molecule has 21 heavy (non-hydrogen) atoms. The van der Waals surface area contributed by atoms with Crippen LogP contribution in [0.2, 0.25) is 0 Å². The van der Waals surface area contributed by atoms with E-state index in [1.54, 1.807) is 7.11 Å². The third kappa shape index (κ3) is 3.21. The smallest absolute Gasteiger partial charge is 0.118 e. The van der Waals surface area contributed by atoms with E-state index in [-0.39, 0.29) is 0 Å². The van der Waals surface area contributed by atoms with E-state index in [1.807, 2.05) is 0 Å². The van der Waals surface area contributed by atoms with Gasteiger partial charge in [0, 0.05) is 29.7 Å². The first kappa shape index (κ1) is 15.4. The van der Waals surface area contributed by atoms with Gasteiger partial charge in [-0.1, -0.05) is 31.2 Å². The van der Waals surface area contributed by atoms with Crippen molar-refractivity contribution in [1.29, 1.82) is 0 Å². The Morgan fingerprint density at radius 2 is 2.05 bits per heavy atom. The molecule has 0 fully saturated rings. The van der Waals surface area contributed by atoms with Crippen LogP contribution in [-0.4, -0.2) is 11.7 Å². The van der Waals surface area contributed by atoms with Gasteiger partial charge in [-0.3, -0.25) is 0 Å². The first-order valence-corrected chi connectivity index (χ1v) is 7.40. The molecule has 0 N–H and O–H groups in total. The summed E-state index contributed by atoms with van der Waals surface area (Å²) in [7, 11) is 3.75. The summed E-state index contributed by atoms with van der Waals surface area (Å²) in [4.78, 5) is 0.